The lowest BCUT2D eigenvalue weighted by Crippen LogP contribution is -2.50. The van der Waals surface area contributed by atoms with E-state index >= 15 is 0 Å². The summed E-state index contributed by atoms with van der Waals surface area (Å²) in [6, 6.07) is 27.8. The number of hydrogen-bond donors (Lipinski definition) is 2. The average molecular weight is 1000 g/mol. The Morgan fingerprint density at radius 1 is 0.657 bits per heavy atom. The van der Waals surface area contributed by atoms with E-state index in [1.807, 2.05) is 53.1 Å². The zero-order valence-electron chi connectivity index (χ0n) is 39.6. The predicted molar refractivity (Wildman–Crippen MR) is 273 cm³/mol. The van der Waals surface area contributed by atoms with Crippen LogP contribution in [0.2, 0.25) is 0 Å². The van der Waals surface area contributed by atoms with Crippen LogP contribution in [0.5, 0.6) is 11.5 Å². The number of cyclic esters (lactones) is 2. The zero-order valence-corrected chi connectivity index (χ0v) is 41.2. The first kappa shape index (κ1) is 52.7. The van der Waals surface area contributed by atoms with Gasteiger partial charge in [0.2, 0.25) is 0 Å². The van der Waals surface area contributed by atoms with Crippen molar-refractivity contribution in [3.63, 3.8) is 0 Å². The van der Waals surface area contributed by atoms with Crippen LogP contribution in [0.15, 0.2) is 97.1 Å². The summed E-state index contributed by atoms with van der Waals surface area (Å²) in [4.78, 5) is 60.8. The summed E-state index contributed by atoms with van der Waals surface area (Å²) >= 11 is 9.68. The van der Waals surface area contributed by atoms with Crippen molar-refractivity contribution in [1.29, 1.82) is 0 Å². The number of hydrogen-bond acceptors (Lipinski definition) is 13. The van der Waals surface area contributed by atoms with E-state index in [4.69, 9.17) is 49.1 Å². The molecule has 0 radical (unpaired) electrons. The second kappa shape index (κ2) is 25.8. The number of amides is 4. The molecule has 0 spiro atoms. The minimum atomic E-state index is -0.521. The van der Waals surface area contributed by atoms with Crippen LogP contribution in [0.25, 0.3) is 0 Å². The number of piperazine rings is 2. The molecule has 8 rings (SSSR count). The number of nitrogens with zero attached hydrogens (tertiary/aromatic N) is 6. The van der Waals surface area contributed by atoms with Gasteiger partial charge < -0.3 is 49.6 Å². The molecule has 70 heavy (non-hydrogen) atoms. The van der Waals surface area contributed by atoms with Crippen molar-refractivity contribution in [2.45, 2.75) is 39.4 Å². The maximum Gasteiger partial charge on any atom is 0.414 e. The number of para-hydroxylation sites is 2. The monoisotopic (exact) mass is 1000 g/mol. The SMILES string of the molecule is CC(=S)NC[C@H]1CN(c2ccc(N3CCN(C(=O)COc4ccccc4)CC3)c(F)c2)C(=O)O1.CCC(C)=S.NC[C@H]1CN(c2ccc(N3CCN(C(=O)COc4ccccc4)CC3)c(F)c2)C(=O)O1. The first-order chi connectivity index (χ1) is 33.7. The number of halogens is 2. The fraction of sp³-hybridized carbons (Fsp3) is 0.400. The van der Waals surface area contributed by atoms with Crippen LogP contribution in [-0.4, -0.2) is 148 Å². The summed E-state index contributed by atoms with van der Waals surface area (Å²) in [7, 11) is 0. The molecule has 4 aromatic rings. The van der Waals surface area contributed by atoms with Crippen molar-refractivity contribution in [1.82, 2.24) is 15.1 Å². The normalized spacial score (nSPS) is 17.6. The first-order valence-electron chi connectivity index (χ1n) is 23.1. The molecule has 0 aliphatic carbocycles. The molecule has 4 amide bonds. The number of benzene rings is 4. The van der Waals surface area contributed by atoms with E-state index in [0.717, 1.165) is 11.3 Å². The van der Waals surface area contributed by atoms with Crippen LogP contribution < -0.4 is 40.1 Å². The highest BCUT2D eigenvalue weighted by atomic mass is 32.1. The van der Waals surface area contributed by atoms with Gasteiger partial charge in [0.1, 0.15) is 35.3 Å². The topological polar surface area (TPSA) is 163 Å². The van der Waals surface area contributed by atoms with Crippen molar-refractivity contribution in [3.8, 4) is 11.5 Å². The lowest BCUT2D eigenvalue weighted by atomic mass is 10.2. The van der Waals surface area contributed by atoms with Gasteiger partial charge in [-0.05, 0) is 85.8 Å². The van der Waals surface area contributed by atoms with Gasteiger partial charge in [0.15, 0.2) is 13.2 Å². The van der Waals surface area contributed by atoms with Crippen molar-refractivity contribution < 1.29 is 46.9 Å². The van der Waals surface area contributed by atoms with Crippen LogP contribution >= 0.6 is 24.4 Å². The maximum absolute atomic E-state index is 15.0. The summed E-state index contributed by atoms with van der Waals surface area (Å²) in [5.41, 5.74) is 7.32. The fourth-order valence-corrected chi connectivity index (χ4v) is 7.77. The molecule has 3 N–H and O–H groups in total. The van der Waals surface area contributed by atoms with Gasteiger partial charge in [-0.25, -0.2) is 18.4 Å². The smallest absolute Gasteiger partial charge is 0.414 e. The number of nitrogens with two attached hydrogens (primary N) is 1. The molecule has 0 aromatic heterocycles. The molecule has 0 unspecified atom stereocenters. The van der Waals surface area contributed by atoms with E-state index in [1.165, 1.54) is 21.9 Å². The molecule has 16 nitrogen and oxygen atoms in total. The predicted octanol–water partition coefficient (Wildman–Crippen LogP) is 6.44. The van der Waals surface area contributed by atoms with Crippen LogP contribution in [0.3, 0.4) is 0 Å². The molecule has 4 saturated heterocycles. The highest BCUT2D eigenvalue weighted by molar-refractivity contribution is 7.80. The molecule has 20 heteroatoms. The quantitative estimate of drug-likeness (QED) is 0.133. The van der Waals surface area contributed by atoms with Crippen LogP contribution in [0.1, 0.15) is 27.2 Å². The number of rotatable bonds is 14. The van der Waals surface area contributed by atoms with E-state index in [2.05, 4.69) is 12.2 Å². The van der Waals surface area contributed by atoms with Crippen LogP contribution in [-0.2, 0) is 19.1 Å². The van der Waals surface area contributed by atoms with Gasteiger partial charge in [0.05, 0.1) is 47.4 Å². The van der Waals surface area contributed by atoms with E-state index < -0.39 is 23.8 Å². The van der Waals surface area contributed by atoms with Gasteiger partial charge in [-0.15, -0.1) is 0 Å². The average Bonchev–Trinajstić information content (AvgIpc) is 3.96. The standard InChI is InChI=1S/C24H27FN4O4S.C22H25FN4O4.C4H8S/c1-17(34)26-14-20-15-29(24(31)33-20)18-7-8-22(21(25)13-18)27-9-11-28(12-10-27)23(30)16-32-19-5-3-2-4-6-19;23-19-12-16(27-14-18(13-24)31-22(27)29)6-7-20(19)25-8-10-26(11-9-25)21(28)15-30-17-4-2-1-3-5-17;1-3-4(2)5/h2-8,13,20H,9-12,14-16H2,1H3,(H,26,34);1-7,12,18H,8-11,13-15,24H2;3H2,1-2H3/t20-;18-;/m00./s1. The molecule has 4 heterocycles. The Morgan fingerprint density at radius 3 is 1.41 bits per heavy atom. The highest BCUT2D eigenvalue weighted by Crippen LogP contribution is 2.30. The maximum atomic E-state index is 15.0. The summed E-state index contributed by atoms with van der Waals surface area (Å²) < 4.78 is 51.3. The Hall–Kier alpha value is -6.64. The van der Waals surface area contributed by atoms with Crippen molar-refractivity contribution in [3.05, 3.63) is 109 Å². The van der Waals surface area contributed by atoms with Crippen molar-refractivity contribution >= 4 is 81.0 Å². The van der Waals surface area contributed by atoms with Crippen LogP contribution in [0, 0.1) is 11.6 Å². The van der Waals surface area contributed by atoms with Gasteiger partial charge in [-0.1, -0.05) is 67.8 Å². The van der Waals surface area contributed by atoms with Gasteiger partial charge in [-0.3, -0.25) is 19.4 Å². The fourth-order valence-electron chi connectivity index (χ4n) is 7.69. The third-order valence-electron chi connectivity index (χ3n) is 11.7. The molecule has 4 aliphatic heterocycles. The molecule has 0 saturated carbocycles. The van der Waals surface area contributed by atoms with Gasteiger partial charge in [0.25, 0.3) is 11.8 Å². The first-order valence-corrected chi connectivity index (χ1v) is 23.9. The third kappa shape index (κ3) is 14.9. The second-order valence-electron chi connectivity index (χ2n) is 16.7. The number of carbonyl (C=O) groups is 4. The summed E-state index contributed by atoms with van der Waals surface area (Å²) in [6.07, 6.45) is -0.732. The Labute approximate surface area is 418 Å². The van der Waals surface area contributed by atoms with Gasteiger partial charge in [-0.2, -0.15) is 0 Å². The minimum absolute atomic E-state index is 0.0250. The molecular formula is C50H60F2N8O8S2. The summed E-state index contributed by atoms with van der Waals surface area (Å²) in [5, 5.41) is 2.98. The Kier molecular flexibility index (Phi) is 19.4. The molecular weight excluding hydrogens is 943 g/mol. The zero-order chi connectivity index (χ0) is 50.2. The summed E-state index contributed by atoms with van der Waals surface area (Å²) in [6.45, 7) is 10.9. The molecule has 2 atom stereocenters. The van der Waals surface area contributed by atoms with Gasteiger partial charge in [0, 0.05) is 58.9 Å². The number of thiocarbonyl (C=S) groups is 2. The molecule has 4 fully saturated rings. The van der Waals surface area contributed by atoms with Crippen molar-refractivity contribution in [2.24, 2.45) is 5.73 Å². The largest absolute Gasteiger partial charge is 0.484 e. The molecule has 4 aliphatic rings. The summed E-state index contributed by atoms with van der Waals surface area (Å²) in [5.74, 6) is 0.259. The van der Waals surface area contributed by atoms with Gasteiger partial charge >= 0.3 is 12.2 Å². The van der Waals surface area contributed by atoms with E-state index in [1.54, 1.807) is 65.3 Å². The third-order valence-corrected chi connectivity index (χ3v) is 12.2. The molecule has 4 aromatic carbocycles. The minimum Gasteiger partial charge on any atom is -0.484 e. The Balaban J connectivity index is 0.000000210. The number of anilines is 4. The number of nitrogens with one attached hydrogen (secondary N) is 1. The number of ether oxygens (including phenoxy) is 4. The second-order valence-corrected chi connectivity index (χ2v) is 18.0. The van der Waals surface area contributed by atoms with E-state index in [0.29, 0.717) is 111 Å². The van der Waals surface area contributed by atoms with E-state index in [-0.39, 0.29) is 43.8 Å². The number of carbonyl (C=O) groups excluding carboxylic acids is 4. The lowest BCUT2D eigenvalue weighted by molar-refractivity contribution is -0.134. The lowest BCUT2D eigenvalue weighted by Gasteiger charge is -2.36. The van der Waals surface area contributed by atoms with Crippen LogP contribution in [0.4, 0.5) is 41.1 Å². The molecule has 0 bridgehead atoms. The highest BCUT2D eigenvalue weighted by Gasteiger charge is 2.34. The van der Waals surface area contributed by atoms with Crippen molar-refractivity contribution in [2.75, 3.05) is 111 Å². The van der Waals surface area contributed by atoms with E-state index in [9.17, 15) is 28.0 Å². The Bertz CT molecular complexity index is 2430. The molecule has 374 valence electrons. The Morgan fingerprint density at radius 2 is 1.06 bits per heavy atom.